The van der Waals surface area contributed by atoms with Crippen molar-refractivity contribution in [2.24, 2.45) is 0 Å². The van der Waals surface area contributed by atoms with Gasteiger partial charge in [0.1, 0.15) is 11.5 Å². The monoisotopic (exact) mass is 359 g/mol. The second-order valence-corrected chi connectivity index (χ2v) is 6.54. The van der Waals surface area contributed by atoms with E-state index in [1.807, 2.05) is 13.8 Å². The van der Waals surface area contributed by atoms with E-state index in [0.29, 0.717) is 22.9 Å². The summed E-state index contributed by atoms with van der Waals surface area (Å²) in [6, 6.07) is 6.62. The average molecular weight is 359 g/mol. The molecule has 140 valence electrons. The van der Waals surface area contributed by atoms with Gasteiger partial charge in [-0.1, -0.05) is 5.16 Å². The molecule has 1 aromatic carbocycles. The zero-order chi connectivity index (χ0) is 19.4. The standard InChI is InChI=1S/C19H25N3O4/c1-11(2)20-19(24)22(6)15-7-9-16(10-8-15)25-18(23)12(3)17-13(4)21-26-14(17)5/h7-12H,1-6H3,(H,20,24). The fourth-order valence-electron chi connectivity index (χ4n) is 2.63. The van der Waals surface area contributed by atoms with Crippen molar-refractivity contribution in [3.63, 3.8) is 0 Å². The number of anilines is 1. The number of benzene rings is 1. The van der Waals surface area contributed by atoms with E-state index in [1.54, 1.807) is 52.1 Å². The molecule has 1 heterocycles. The van der Waals surface area contributed by atoms with Gasteiger partial charge < -0.3 is 14.6 Å². The highest BCUT2D eigenvalue weighted by Crippen LogP contribution is 2.26. The van der Waals surface area contributed by atoms with Gasteiger partial charge in [0.2, 0.25) is 0 Å². The molecule has 7 nitrogen and oxygen atoms in total. The first-order valence-electron chi connectivity index (χ1n) is 8.49. The Bertz CT molecular complexity index is 761. The Morgan fingerprint density at radius 2 is 1.77 bits per heavy atom. The van der Waals surface area contributed by atoms with Gasteiger partial charge in [0.25, 0.3) is 0 Å². The molecule has 1 aromatic heterocycles. The molecule has 26 heavy (non-hydrogen) atoms. The van der Waals surface area contributed by atoms with E-state index in [1.165, 1.54) is 4.90 Å². The topological polar surface area (TPSA) is 84.7 Å². The highest BCUT2D eigenvalue weighted by Gasteiger charge is 2.24. The van der Waals surface area contributed by atoms with Crippen LogP contribution in [0, 0.1) is 13.8 Å². The molecule has 1 N–H and O–H groups in total. The normalized spacial score (nSPS) is 12.0. The number of urea groups is 1. The van der Waals surface area contributed by atoms with E-state index in [2.05, 4.69) is 10.5 Å². The maximum atomic E-state index is 12.4. The maximum Gasteiger partial charge on any atom is 0.321 e. The van der Waals surface area contributed by atoms with Crippen LogP contribution in [0.4, 0.5) is 10.5 Å². The van der Waals surface area contributed by atoms with Crippen molar-refractivity contribution in [3.05, 3.63) is 41.3 Å². The summed E-state index contributed by atoms with van der Waals surface area (Å²) in [5.74, 6) is 0.147. The van der Waals surface area contributed by atoms with Gasteiger partial charge in [0.15, 0.2) is 0 Å². The van der Waals surface area contributed by atoms with Crippen LogP contribution < -0.4 is 15.0 Å². The molecule has 2 rings (SSSR count). The lowest BCUT2D eigenvalue weighted by Crippen LogP contribution is -2.40. The Hall–Kier alpha value is -2.83. The third kappa shape index (κ3) is 4.41. The summed E-state index contributed by atoms with van der Waals surface area (Å²) in [7, 11) is 1.68. The quantitative estimate of drug-likeness (QED) is 0.652. The Morgan fingerprint density at radius 1 is 1.15 bits per heavy atom. The number of amides is 2. The van der Waals surface area contributed by atoms with Crippen molar-refractivity contribution in [3.8, 4) is 5.75 Å². The van der Waals surface area contributed by atoms with Crippen LogP contribution in [0.5, 0.6) is 5.75 Å². The third-order valence-electron chi connectivity index (χ3n) is 4.03. The van der Waals surface area contributed by atoms with E-state index in [9.17, 15) is 9.59 Å². The molecule has 0 aliphatic heterocycles. The molecular weight excluding hydrogens is 334 g/mol. The lowest BCUT2D eigenvalue weighted by molar-refractivity contribution is -0.135. The summed E-state index contributed by atoms with van der Waals surface area (Å²) < 4.78 is 10.5. The van der Waals surface area contributed by atoms with E-state index < -0.39 is 11.9 Å². The lowest BCUT2D eigenvalue weighted by Gasteiger charge is -2.20. The molecule has 0 aliphatic carbocycles. The van der Waals surface area contributed by atoms with Gasteiger partial charge in [-0.15, -0.1) is 0 Å². The summed E-state index contributed by atoms with van der Waals surface area (Å²) in [6.45, 7) is 9.12. The number of nitrogens with zero attached hydrogens (tertiary/aromatic N) is 2. The highest BCUT2D eigenvalue weighted by atomic mass is 16.5. The molecule has 0 radical (unpaired) electrons. The minimum atomic E-state index is -0.486. The maximum absolute atomic E-state index is 12.4. The molecule has 0 saturated carbocycles. The van der Waals surface area contributed by atoms with Crippen LogP contribution in [-0.4, -0.2) is 30.2 Å². The first-order valence-corrected chi connectivity index (χ1v) is 8.49. The number of hydrogen-bond acceptors (Lipinski definition) is 5. The Balaban J connectivity index is 2.05. The number of aryl methyl sites for hydroxylation is 2. The number of carbonyl (C=O) groups is 2. The van der Waals surface area contributed by atoms with Crippen molar-refractivity contribution in [1.82, 2.24) is 10.5 Å². The van der Waals surface area contributed by atoms with Crippen LogP contribution in [0.3, 0.4) is 0 Å². The Labute approximate surface area is 153 Å². The van der Waals surface area contributed by atoms with Gasteiger partial charge in [-0.3, -0.25) is 9.69 Å². The number of aromatic nitrogens is 1. The summed E-state index contributed by atoms with van der Waals surface area (Å²) in [5, 5.41) is 6.68. The van der Waals surface area contributed by atoms with Gasteiger partial charge in [0.05, 0.1) is 11.6 Å². The molecule has 2 aromatic rings. The van der Waals surface area contributed by atoms with Crippen LogP contribution in [0.1, 0.15) is 43.7 Å². The molecule has 7 heteroatoms. The van der Waals surface area contributed by atoms with E-state index in [4.69, 9.17) is 9.26 Å². The van der Waals surface area contributed by atoms with E-state index in [0.717, 1.165) is 5.56 Å². The Kier molecular flexibility index (Phi) is 6.02. The highest BCUT2D eigenvalue weighted by molar-refractivity contribution is 5.91. The molecule has 0 aliphatic rings. The first kappa shape index (κ1) is 19.5. The van der Waals surface area contributed by atoms with Crippen LogP contribution in [-0.2, 0) is 4.79 Å². The molecule has 0 spiro atoms. The molecule has 0 fully saturated rings. The van der Waals surface area contributed by atoms with Gasteiger partial charge in [-0.25, -0.2) is 4.79 Å². The van der Waals surface area contributed by atoms with Crippen molar-refractivity contribution in [1.29, 1.82) is 0 Å². The number of ether oxygens (including phenoxy) is 1. The number of hydrogen-bond donors (Lipinski definition) is 1. The summed E-state index contributed by atoms with van der Waals surface area (Å²) in [4.78, 5) is 25.9. The minimum absolute atomic E-state index is 0.0518. The average Bonchev–Trinajstić information content (AvgIpc) is 2.92. The Morgan fingerprint density at radius 3 is 2.27 bits per heavy atom. The molecule has 1 atom stereocenters. The van der Waals surface area contributed by atoms with Crippen molar-refractivity contribution >= 4 is 17.7 Å². The number of rotatable bonds is 5. The first-order chi connectivity index (χ1) is 12.2. The molecule has 0 saturated heterocycles. The van der Waals surface area contributed by atoms with Crippen LogP contribution >= 0.6 is 0 Å². The lowest BCUT2D eigenvalue weighted by atomic mass is 10.00. The van der Waals surface area contributed by atoms with Gasteiger partial charge >= 0.3 is 12.0 Å². The van der Waals surface area contributed by atoms with Crippen LogP contribution in [0.2, 0.25) is 0 Å². The second kappa shape index (κ2) is 8.03. The van der Waals surface area contributed by atoms with Gasteiger partial charge in [-0.05, 0) is 58.9 Å². The fourth-order valence-corrected chi connectivity index (χ4v) is 2.63. The summed E-state index contributed by atoms with van der Waals surface area (Å²) in [6.07, 6.45) is 0. The van der Waals surface area contributed by atoms with Gasteiger partial charge in [0, 0.05) is 24.3 Å². The fraction of sp³-hybridized carbons (Fsp3) is 0.421. The predicted molar refractivity (Wildman–Crippen MR) is 98.5 cm³/mol. The van der Waals surface area contributed by atoms with Gasteiger partial charge in [-0.2, -0.15) is 0 Å². The summed E-state index contributed by atoms with van der Waals surface area (Å²) >= 11 is 0. The van der Waals surface area contributed by atoms with Crippen molar-refractivity contribution in [2.45, 2.75) is 46.6 Å². The second-order valence-electron chi connectivity index (χ2n) is 6.54. The molecule has 1 unspecified atom stereocenters. The van der Waals surface area contributed by atoms with Crippen molar-refractivity contribution in [2.75, 3.05) is 11.9 Å². The molecule has 0 bridgehead atoms. The number of carbonyl (C=O) groups excluding carboxylic acids is 2. The minimum Gasteiger partial charge on any atom is -0.426 e. The molecule has 2 amide bonds. The van der Waals surface area contributed by atoms with Crippen molar-refractivity contribution < 1.29 is 18.8 Å². The largest absolute Gasteiger partial charge is 0.426 e. The third-order valence-corrected chi connectivity index (χ3v) is 4.03. The predicted octanol–water partition coefficient (Wildman–Crippen LogP) is 3.55. The summed E-state index contributed by atoms with van der Waals surface area (Å²) in [5.41, 5.74) is 2.12. The van der Waals surface area contributed by atoms with E-state index >= 15 is 0 Å². The number of nitrogens with one attached hydrogen (secondary N) is 1. The SMILES string of the molecule is Cc1noc(C)c1C(C)C(=O)Oc1ccc(N(C)C(=O)NC(C)C)cc1. The molecular formula is C19H25N3O4. The zero-order valence-corrected chi connectivity index (χ0v) is 16.0. The van der Waals surface area contributed by atoms with Crippen LogP contribution in [0.15, 0.2) is 28.8 Å². The van der Waals surface area contributed by atoms with E-state index in [-0.39, 0.29) is 12.1 Å². The number of esters is 1. The zero-order valence-electron chi connectivity index (χ0n) is 16.0. The van der Waals surface area contributed by atoms with Crippen LogP contribution in [0.25, 0.3) is 0 Å². The smallest absolute Gasteiger partial charge is 0.321 e.